The number of hydrogen-bond donors (Lipinski definition) is 1. The van der Waals surface area contributed by atoms with E-state index < -0.39 is 17.1 Å². The molecule has 0 saturated heterocycles. The van der Waals surface area contributed by atoms with Gasteiger partial charge in [-0.1, -0.05) is 58.2 Å². The first-order valence-electron chi connectivity index (χ1n) is 7.65. The van der Waals surface area contributed by atoms with E-state index in [9.17, 15) is 14.4 Å². The number of aromatic nitrogens is 3. The number of halogens is 4. The maximum Gasteiger partial charge on any atom is 0.340 e. The Kier molecular flexibility index (Phi) is 6.03. The molecule has 0 aliphatic heterocycles. The van der Waals surface area contributed by atoms with Crippen LogP contribution in [0.1, 0.15) is 5.56 Å². The molecule has 0 aliphatic carbocycles. The van der Waals surface area contributed by atoms with Crippen LogP contribution in [0.5, 0.6) is 0 Å². The van der Waals surface area contributed by atoms with E-state index in [0.717, 1.165) is 14.7 Å². The van der Waals surface area contributed by atoms with E-state index in [0.29, 0.717) is 19.8 Å². The van der Waals surface area contributed by atoms with E-state index in [1.165, 1.54) is 30.9 Å². The van der Waals surface area contributed by atoms with Gasteiger partial charge in [-0.15, -0.1) is 0 Å². The number of benzene rings is 2. The third-order valence-electron chi connectivity index (χ3n) is 3.87. The highest BCUT2D eigenvalue weighted by atomic mass is 35.5. The van der Waals surface area contributed by atoms with Crippen LogP contribution in [0.3, 0.4) is 0 Å². The SMILES string of the molecule is Cc1cc(Sc2c(Cl)cc(-n3c(=O)[nH]c(=O)n(C)c3=O)cc2Cl)c(Cl)cc1Cl. The number of H-pyrrole nitrogens is 1. The van der Waals surface area contributed by atoms with Crippen LogP contribution in [0.25, 0.3) is 5.69 Å². The predicted molar refractivity (Wildman–Crippen MR) is 113 cm³/mol. The second-order valence-electron chi connectivity index (χ2n) is 5.78. The molecule has 1 N–H and O–H groups in total. The fraction of sp³-hybridized carbons (Fsp3) is 0.118. The average molecular weight is 479 g/mol. The molecule has 0 radical (unpaired) electrons. The number of hydrogen-bond acceptors (Lipinski definition) is 4. The first kappa shape index (κ1) is 21.1. The van der Waals surface area contributed by atoms with Crippen molar-refractivity contribution < 1.29 is 0 Å². The zero-order valence-electron chi connectivity index (χ0n) is 14.3. The predicted octanol–water partition coefficient (Wildman–Crippen LogP) is 4.30. The summed E-state index contributed by atoms with van der Waals surface area (Å²) in [5, 5.41) is 1.38. The molecule has 0 atom stereocenters. The molecule has 28 heavy (non-hydrogen) atoms. The molecule has 0 fully saturated rings. The van der Waals surface area contributed by atoms with E-state index in [1.807, 2.05) is 6.92 Å². The van der Waals surface area contributed by atoms with E-state index in [1.54, 1.807) is 12.1 Å². The van der Waals surface area contributed by atoms with Crippen molar-refractivity contribution in [3.63, 3.8) is 0 Å². The van der Waals surface area contributed by atoms with Gasteiger partial charge in [0.05, 0.1) is 20.8 Å². The molecule has 0 unspecified atom stereocenters. The molecular weight excluding hydrogens is 468 g/mol. The lowest BCUT2D eigenvalue weighted by molar-refractivity contribution is 0.660. The van der Waals surface area contributed by atoms with Crippen molar-refractivity contribution in [1.29, 1.82) is 0 Å². The second kappa shape index (κ2) is 8.00. The first-order chi connectivity index (χ1) is 13.1. The Bertz CT molecular complexity index is 1260. The first-order valence-corrected chi connectivity index (χ1v) is 9.98. The summed E-state index contributed by atoms with van der Waals surface area (Å²) in [6.45, 7) is 1.84. The Morgan fingerprint density at radius 2 is 1.46 bits per heavy atom. The molecule has 1 heterocycles. The summed E-state index contributed by atoms with van der Waals surface area (Å²) in [4.78, 5) is 39.2. The van der Waals surface area contributed by atoms with Gasteiger partial charge in [0.25, 0.3) is 0 Å². The smallest absolute Gasteiger partial charge is 0.258 e. The highest BCUT2D eigenvalue weighted by molar-refractivity contribution is 7.99. The average Bonchev–Trinajstić information content (AvgIpc) is 2.60. The molecule has 2 aromatic carbocycles. The molecule has 0 amide bonds. The molecule has 0 saturated carbocycles. The lowest BCUT2D eigenvalue weighted by Gasteiger charge is -2.13. The summed E-state index contributed by atoms with van der Waals surface area (Å²) in [5.74, 6) is 0. The molecule has 3 rings (SSSR count). The molecule has 0 bridgehead atoms. The molecule has 1 aromatic heterocycles. The van der Waals surface area contributed by atoms with Crippen LogP contribution in [0.4, 0.5) is 0 Å². The third-order valence-corrected chi connectivity index (χ3v) is 6.72. The molecular formula is C17H11Cl4N3O3S. The molecule has 11 heteroatoms. The van der Waals surface area contributed by atoms with E-state index >= 15 is 0 Å². The van der Waals surface area contributed by atoms with Gasteiger partial charge in [-0.05, 0) is 36.8 Å². The number of nitrogens with zero attached hydrogens (tertiary/aromatic N) is 2. The van der Waals surface area contributed by atoms with Crippen LogP contribution >= 0.6 is 58.2 Å². The Morgan fingerprint density at radius 3 is 2.07 bits per heavy atom. The van der Waals surface area contributed by atoms with E-state index in [2.05, 4.69) is 4.98 Å². The number of rotatable bonds is 3. The Morgan fingerprint density at radius 1 is 0.857 bits per heavy atom. The highest BCUT2D eigenvalue weighted by Crippen LogP contribution is 2.43. The summed E-state index contributed by atoms with van der Waals surface area (Å²) in [6, 6.07) is 6.25. The van der Waals surface area contributed by atoms with E-state index in [4.69, 9.17) is 46.4 Å². The highest BCUT2D eigenvalue weighted by Gasteiger charge is 2.16. The van der Waals surface area contributed by atoms with Crippen molar-refractivity contribution in [3.8, 4) is 5.69 Å². The molecule has 6 nitrogen and oxygen atoms in total. The quantitative estimate of drug-likeness (QED) is 0.608. The maximum atomic E-state index is 12.3. The van der Waals surface area contributed by atoms with E-state index in [-0.39, 0.29) is 15.7 Å². The summed E-state index contributed by atoms with van der Waals surface area (Å²) >= 11 is 26.3. The lowest BCUT2D eigenvalue weighted by Crippen LogP contribution is -2.47. The van der Waals surface area contributed by atoms with Crippen molar-refractivity contribution in [2.45, 2.75) is 16.7 Å². The molecule has 0 spiro atoms. The van der Waals surface area contributed by atoms with Crippen LogP contribution < -0.4 is 17.1 Å². The Balaban J connectivity index is 2.13. The van der Waals surface area contributed by atoms with Gasteiger partial charge in [-0.25, -0.2) is 23.5 Å². The van der Waals surface area contributed by atoms with Gasteiger partial charge in [-0.3, -0.25) is 4.98 Å². The van der Waals surface area contributed by atoms with Crippen LogP contribution in [-0.2, 0) is 7.05 Å². The van der Waals surface area contributed by atoms with Crippen molar-refractivity contribution in [2.75, 3.05) is 0 Å². The minimum Gasteiger partial charge on any atom is -0.258 e. The van der Waals surface area contributed by atoms with Gasteiger partial charge >= 0.3 is 17.1 Å². The summed E-state index contributed by atoms with van der Waals surface area (Å²) in [6.07, 6.45) is 0. The number of aromatic amines is 1. The standard InChI is InChI=1S/C17H11Cl4N3O3S/c1-7-3-13(10(19)6-9(7)18)28-14-11(20)4-8(5-12(14)21)24-16(26)22-15(25)23(2)17(24)27/h3-6H,1-2H3,(H,22,25,26). The summed E-state index contributed by atoms with van der Waals surface area (Å²) < 4.78 is 1.54. The zero-order chi connectivity index (χ0) is 20.7. The minimum absolute atomic E-state index is 0.125. The monoisotopic (exact) mass is 477 g/mol. The lowest BCUT2D eigenvalue weighted by atomic mass is 10.2. The van der Waals surface area contributed by atoms with Gasteiger partial charge in [0.1, 0.15) is 0 Å². The minimum atomic E-state index is -0.892. The molecule has 146 valence electrons. The maximum absolute atomic E-state index is 12.3. The second-order valence-corrected chi connectivity index (χ2v) is 8.47. The fourth-order valence-electron chi connectivity index (χ4n) is 2.37. The van der Waals surface area contributed by atoms with Gasteiger partial charge in [0, 0.05) is 21.9 Å². The zero-order valence-corrected chi connectivity index (χ0v) is 18.2. The summed E-state index contributed by atoms with van der Waals surface area (Å²) in [7, 11) is 1.25. The van der Waals surface area contributed by atoms with Crippen LogP contribution in [-0.4, -0.2) is 14.1 Å². The van der Waals surface area contributed by atoms with Crippen molar-refractivity contribution in [3.05, 3.63) is 81.4 Å². The molecule has 3 aromatic rings. The van der Waals surface area contributed by atoms with Gasteiger partial charge in [-0.2, -0.15) is 0 Å². The van der Waals surface area contributed by atoms with Crippen molar-refractivity contribution in [2.24, 2.45) is 7.05 Å². The Labute approximate surface area is 182 Å². The third kappa shape index (κ3) is 3.90. The Hall–Kier alpha value is -1.64. The van der Waals surface area contributed by atoms with Crippen molar-refractivity contribution in [1.82, 2.24) is 14.1 Å². The van der Waals surface area contributed by atoms with Crippen molar-refractivity contribution >= 4 is 58.2 Å². The van der Waals surface area contributed by atoms with Crippen LogP contribution in [0.2, 0.25) is 20.1 Å². The van der Waals surface area contributed by atoms with Crippen LogP contribution in [0.15, 0.2) is 48.4 Å². The van der Waals surface area contributed by atoms with Gasteiger partial charge in [0.15, 0.2) is 0 Å². The topological polar surface area (TPSA) is 76.9 Å². The normalized spacial score (nSPS) is 11.1. The summed E-state index contributed by atoms with van der Waals surface area (Å²) in [5.41, 5.74) is -1.57. The van der Waals surface area contributed by atoms with Gasteiger partial charge in [0.2, 0.25) is 0 Å². The fourth-order valence-corrected chi connectivity index (χ4v) is 4.51. The largest absolute Gasteiger partial charge is 0.340 e. The molecule has 0 aliphatic rings. The number of nitrogens with one attached hydrogen (secondary N) is 1. The van der Waals surface area contributed by atoms with Crippen LogP contribution in [0, 0.1) is 6.92 Å². The number of aryl methyl sites for hydroxylation is 1. The van der Waals surface area contributed by atoms with Gasteiger partial charge < -0.3 is 0 Å².